The minimum atomic E-state index is 0.715. The Labute approximate surface area is 127 Å². The first kappa shape index (κ1) is 14.9. The molecule has 0 aliphatic rings. The van der Waals surface area contributed by atoms with Crippen LogP contribution in [0.4, 0.5) is 5.69 Å². The highest BCUT2D eigenvalue weighted by Gasteiger charge is 2.15. The molecule has 4 nitrogen and oxygen atoms in total. The second kappa shape index (κ2) is 6.76. The first-order valence-corrected chi connectivity index (χ1v) is 8.19. The third kappa shape index (κ3) is 3.13. The normalized spacial score (nSPS) is 11.8. The summed E-state index contributed by atoms with van der Waals surface area (Å²) in [6, 6.07) is 2.00. The molecule has 0 aliphatic carbocycles. The molecular weight excluding hydrogens is 288 g/mol. The van der Waals surface area contributed by atoms with Gasteiger partial charge in [0.2, 0.25) is 0 Å². The Morgan fingerprint density at radius 2 is 2.30 bits per heavy atom. The van der Waals surface area contributed by atoms with E-state index in [1.165, 1.54) is 26.9 Å². The maximum absolute atomic E-state index is 6.22. The zero-order valence-electron chi connectivity index (χ0n) is 11.8. The summed E-state index contributed by atoms with van der Waals surface area (Å²) >= 11 is 3.22. The van der Waals surface area contributed by atoms with Crippen LogP contribution in [-0.2, 0) is 13.0 Å². The van der Waals surface area contributed by atoms with Gasteiger partial charge in [-0.15, -0.1) is 11.3 Å². The summed E-state index contributed by atoms with van der Waals surface area (Å²) in [5.41, 5.74) is 14.9. The number of nitrogens with one attached hydrogen (secondary N) is 1. The Morgan fingerprint density at radius 3 is 2.90 bits per heavy atom. The summed E-state index contributed by atoms with van der Waals surface area (Å²) in [6.07, 6.45) is 5.58. The second-order valence-corrected chi connectivity index (χ2v) is 6.58. The van der Waals surface area contributed by atoms with E-state index in [1.54, 1.807) is 23.7 Å². The quantitative estimate of drug-likeness (QED) is 0.766. The molecular formula is C14H20N4S2. The molecule has 0 unspecified atom stereocenters. The third-order valence-electron chi connectivity index (χ3n) is 3.12. The van der Waals surface area contributed by atoms with Gasteiger partial charge in [0, 0.05) is 22.2 Å². The number of nitrogens with two attached hydrogens (primary N) is 2. The zero-order chi connectivity index (χ0) is 14.5. The number of aromatic nitrogens is 1. The van der Waals surface area contributed by atoms with Crippen LogP contribution < -0.4 is 16.8 Å². The molecule has 6 heteroatoms. The van der Waals surface area contributed by atoms with Gasteiger partial charge in [0.1, 0.15) is 0 Å². The summed E-state index contributed by atoms with van der Waals surface area (Å²) in [5, 5.41) is 3.35. The van der Waals surface area contributed by atoms with Crippen LogP contribution in [-0.4, -0.2) is 4.37 Å². The van der Waals surface area contributed by atoms with Crippen LogP contribution in [0, 0.1) is 6.92 Å². The number of rotatable bonds is 6. The molecule has 0 aliphatic heterocycles. The summed E-state index contributed by atoms with van der Waals surface area (Å²) in [5.74, 6) is 0. The van der Waals surface area contributed by atoms with E-state index in [0.29, 0.717) is 6.54 Å². The molecule has 2 rings (SSSR count). The van der Waals surface area contributed by atoms with E-state index in [4.69, 9.17) is 11.5 Å². The van der Waals surface area contributed by atoms with Gasteiger partial charge >= 0.3 is 0 Å². The molecule has 0 radical (unpaired) electrons. The van der Waals surface area contributed by atoms with Gasteiger partial charge in [0.05, 0.1) is 22.8 Å². The van der Waals surface area contributed by atoms with Crippen molar-refractivity contribution in [2.24, 2.45) is 5.73 Å². The minimum Gasteiger partial charge on any atom is -0.403 e. The van der Waals surface area contributed by atoms with Gasteiger partial charge in [-0.1, -0.05) is 13.3 Å². The van der Waals surface area contributed by atoms with E-state index in [-0.39, 0.29) is 0 Å². The molecule has 5 N–H and O–H groups in total. The van der Waals surface area contributed by atoms with E-state index in [0.717, 1.165) is 29.1 Å². The van der Waals surface area contributed by atoms with E-state index in [9.17, 15) is 0 Å². The van der Waals surface area contributed by atoms with Crippen molar-refractivity contribution in [3.8, 4) is 0 Å². The smallest absolute Gasteiger partial charge is 0.0751 e. The van der Waals surface area contributed by atoms with Crippen molar-refractivity contribution in [3.63, 3.8) is 0 Å². The number of hydrogen-bond acceptors (Lipinski definition) is 6. The van der Waals surface area contributed by atoms with Crippen LogP contribution in [0.3, 0.4) is 0 Å². The highest BCUT2D eigenvalue weighted by atomic mass is 32.1. The molecule has 0 spiro atoms. The summed E-state index contributed by atoms with van der Waals surface area (Å²) < 4.78 is 4.09. The average molecular weight is 308 g/mol. The van der Waals surface area contributed by atoms with E-state index in [2.05, 4.69) is 23.5 Å². The molecule has 0 fully saturated rings. The number of anilines is 1. The van der Waals surface area contributed by atoms with Gasteiger partial charge in [-0.25, -0.2) is 4.37 Å². The van der Waals surface area contributed by atoms with Crippen molar-refractivity contribution < 1.29 is 0 Å². The van der Waals surface area contributed by atoms with Crippen LogP contribution in [0.5, 0.6) is 0 Å². The molecule has 2 aromatic heterocycles. The standard InChI is InChI=1S/C14H20N4S2/c1-3-4-12-9(2)13(16)14(19-12)11(7-15)17-8-10-5-6-18-20-10/h5-7,17H,3-4,8,15-16H2,1-2H3/b11-7+. The fourth-order valence-corrected chi connectivity index (χ4v) is 3.82. The molecule has 2 heterocycles. The predicted molar refractivity (Wildman–Crippen MR) is 88.6 cm³/mol. The van der Waals surface area contributed by atoms with Crippen molar-refractivity contribution in [1.82, 2.24) is 9.69 Å². The van der Waals surface area contributed by atoms with Crippen LogP contribution in [0.1, 0.15) is 33.5 Å². The number of hydrogen-bond donors (Lipinski definition) is 3. The Morgan fingerprint density at radius 1 is 1.50 bits per heavy atom. The Hall–Kier alpha value is -1.53. The molecule has 0 saturated heterocycles. The van der Waals surface area contributed by atoms with Crippen LogP contribution in [0.2, 0.25) is 0 Å². The fraction of sp³-hybridized carbons (Fsp3) is 0.357. The molecule has 0 amide bonds. The maximum atomic E-state index is 6.22. The van der Waals surface area contributed by atoms with E-state index in [1.807, 2.05) is 6.07 Å². The molecule has 0 atom stereocenters. The Balaban J connectivity index is 2.17. The van der Waals surface area contributed by atoms with Gasteiger partial charge in [-0.3, -0.25) is 0 Å². The number of nitrogen functional groups attached to an aromatic ring is 1. The number of nitrogens with zero attached hydrogens (tertiary/aromatic N) is 1. The summed E-state index contributed by atoms with van der Waals surface area (Å²) in [4.78, 5) is 3.56. The molecule has 20 heavy (non-hydrogen) atoms. The molecule has 108 valence electrons. The number of aryl methyl sites for hydroxylation is 1. The minimum absolute atomic E-state index is 0.715. The lowest BCUT2D eigenvalue weighted by Gasteiger charge is -2.08. The van der Waals surface area contributed by atoms with Crippen LogP contribution in [0.15, 0.2) is 18.5 Å². The van der Waals surface area contributed by atoms with Gasteiger partial charge in [0.15, 0.2) is 0 Å². The zero-order valence-corrected chi connectivity index (χ0v) is 13.4. The molecule has 0 aromatic carbocycles. The Bertz CT molecular complexity index is 585. The van der Waals surface area contributed by atoms with Gasteiger partial charge in [-0.05, 0) is 36.5 Å². The monoisotopic (exact) mass is 308 g/mol. The molecule has 0 saturated carbocycles. The highest BCUT2D eigenvalue weighted by molar-refractivity contribution is 7.14. The fourth-order valence-electron chi connectivity index (χ4n) is 1.97. The number of thiophene rings is 1. The van der Waals surface area contributed by atoms with Gasteiger partial charge in [-0.2, -0.15) is 0 Å². The van der Waals surface area contributed by atoms with Gasteiger partial charge in [0.25, 0.3) is 0 Å². The highest BCUT2D eigenvalue weighted by Crippen LogP contribution is 2.35. The molecule has 0 bridgehead atoms. The third-order valence-corrected chi connectivity index (χ3v) is 5.27. The molecule has 2 aromatic rings. The first-order valence-electron chi connectivity index (χ1n) is 6.60. The van der Waals surface area contributed by atoms with E-state index < -0.39 is 0 Å². The van der Waals surface area contributed by atoms with Crippen molar-refractivity contribution in [2.45, 2.75) is 33.2 Å². The van der Waals surface area contributed by atoms with Crippen molar-refractivity contribution >= 4 is 34.3 Å². The maximum Gasteiger partial charge on any atom is 0.0751 e. The van der Waals surface area contributed by atoms with Crippen molar-refractivity contribution in [1.29, 1.82) is 0 Å². The Kier molecular flexibility index (Phi) is 5.03. The second-order valence-electron chi connectivity index (χ2n) is 4.56. The lowest BCUT2D eigenvalue weighted by atomic mass is 10.1. The topological polar surface area (TPSA) is 77.0 Å². The lowest BCUT2D eigenvalue weighted by molar-refractivity contribution is 0.908. The van der Waals surface area contributed by atoms with E-state index >= 15 is 0 Å². The SMILES string of the molecule is CCCc1sc(/C(=C\N)NCc2ccns2)c(N)c1C. The van der Waals surface area contributed by atoms with Crippen molar-refractivity contribution in [2.75, 3.05) is 5.73 Å². The van der Waals surface area contributed by atoms with Gasteiger partial charge < -0.3 is 16.8 Å². The summed E-state index contributed by atoms with van der Waals surface area (Å²) in [7, 11) is 0. The van der Waals surface area contributed by atoms with Crippen molar-refractivity contribution in [3.05, 3.63) is 38.7 Å². The van der Waals surface area contributed by atoms with Crippen LogP contribution in [0.25, 0.3) is 5.70 Å². The summed E-state index contributed by atoms with van der Waals surface area (Å²) in [6.45, 7) is 4.97. The largest absolute Gasteiger partial charge is 0.403 e. The van der Waals surface area contributed by atoms with Crippen LogP contribution >= 0.6 is 22.9 Å². The predicted octanol–water partition coefficient (Wildman–Crippen LogP) is 3.09. The lowest BCUT2D eigenvalue weighted by Crippen LogP contribution is -2.12. The average Bonchev–Trinajstić information content (AvgIpc) is 3.05. The first-order chi connectivity index (χ1) is 9.67.